The summed E-state index contributed by atoms with van der Waals surface area (Å²) in [6.07, 6.45) is -0.213. The summed E-state index contributed by atoms with van der Waals surface area (Å²) in [4.78, 5) is 4.78. The number of aromatic nitrogens is 4. The van der Waals surface area contributed by atoms with Gasteiger partial charge in [0, 0.05) is 23.7 Å². The van der Waals surface area contributed by atoms with Crippen LogP contribution in [-0.4, -0.2) is 26.5 Å². The van der Waals surface area contributed by atoms with Gasteiger partial charge in [0.15, 0.2) is 28.6 Å². The van der Waals surface area contributed by atoms with Crippen LogP contribution in [0.1, 0.15) is 35.7 Å². The van der Waals surface area contributed by atoms with Gasteiger partial charge in [-0.3, -0.25) is 0 Å². The molecule has 4 aromatic rings. The van der Waals surface area contributed by atoms with Crippen LogP contribution in [-0.2, 0) is 12.8 Å². The summed E-state index contributed by atoms with van der Waals surface area (Å²) in [7, 11) is 1.97. The Morgan fingerprint density at radius 3 is 2.70 bits per heavy atom. The van der Waals surface area contributed by atoms with Gasteiger partial charge in [-0.1, -0.05) is 17.8 Å². The molecule has 1 aliphatic rings. The van der Waals surface area contributed by atoms with Crippen molar-refractivity contribution in [3.05, 3.63) is 64.4 Å². The van der Waals surface area contributed by atoms with Crippen LogP contribution in [0.15, 0.2) is 46.9 Å². The zero-order chi connectivity index (χ0) is 22.9. The Morgan fingerprint density at radius 2 is 1.88 bits per heavy atom. The summed E-state index contributed by atoms with van der Waals surface area (Å²) < 4.78 is 19.0. The first-order chi connectivity index (χ1) is 16.0. The van der Waals surface area contributed by atoms with E-state index < -0.39 is 0 Å². The fourth-order valence-corrected chi connectivity index (χ4v) is 5.47. The molecule has 0 fully saturated rings. The zero-order valence-corrected chi connectivity index (χ0v) is 20.5. The maximum atomic E-state index is 6.14. The second-order valence-electron chi connectivity index (χ2n) is 7.98. The second kappa shape index (κ2) is 9.07. The van der Waals surface area contributed by atoms with Crippen LogP contribution < -0.4 is 14.2 Å². The molecular formula is C24H24N4O3S2. The summed E-state index contributed by atoms with van der Waals surface area (Å²) in [5, 5.41) is 12.6. The monoisotopic (exact) mass is 480 g/mol. The molecule has 9 heteroatoms. The fourth-order valence-electron chi connectivity index (χ4n) is 3.74. The van der Waals surface area contributed by atoms with Gasteiger partial charge in [0.25, 0.3) is 0 Å². The van der Waals surface area contributed by atoms with Gasteiger partial charge in [0.05, 0.1) is 5.69 Å². The largest absolute Gasteiger partial charge is 0.483 e. The van der Waals surface area contributed by atoms with Crippen molar-refractivity contribution < 1.29 is 14.2 Å². The van der Waals surface area contributed by atoms with Crippen molar-refractivity contribution in [3.63, 3.8) is 0 Å². The molecule has 2 aromatic heterocycles. The molecule has 0 amide bonds. The highest BCUT2D eigenvalue weighted by Crippen LogP contribution is 2.37. The topological polar surface area (TPSA) is 71.3 Å². The van der Waals surface area contributed by atoms with Gasteiger partial charge < -0.3 is 18.8 Å². The Morgan fingerprint density at radius 1 is 1.09 bits per heavy atom. The SMILES string of the molecule is Cc1cc(C)cc(OC(C)c2nnc(SCc3csc(-c4ccc5c(c4)OCO5)n3)n2C)c1. The number of hydrogen-bond acceptors (Lipinski definition) is 8. The van der Waals surface area contributed by atoms with Gasteiger partial charge in [0.2, 0.25) is 6.79 Å². The van der Waals surface area contributed by atoms with Crippen LogP contribution in [0.2, 0.25) is 0 Å². The molecule has 3 heterocycles. The van der Waals surface area contributed by atoms with Crippen LogP contribution in [0.5, 0.6) is 17.2 Å². The van der Waals surface area contributed by atoms with Crippen molar-refractivity contribution in [2.75, 3.05) is 6.79 Å². The number of thioether (sulfide) groups is 1. The van der Waals surface area contributed by atoms with Crippen LogP contribution in [0.25, 0.3) is 10.6 Å². The van der Waals surface area contributed by atoms with E-state index in [0.717, 1.165) is 44.5 Å². The predicted octanol–water partition coefficient (Wildman–Crippen LogP) is 5.72. The van der Waals surface area contributed by atoms with Crippen LogP contribution in [0.3, 0.4) is 0 Å². The lowest BCUT2D eigenvalue weighted by molar-refractivity contribution is 0.174. The highest BCUT2D eigenvalue weighted by molar-refractivity contribution is 7.98. The normalized spacial score (nSPS) is 13.3. The average Bonchev–Trinajstić information content (AvgIpc) is 3.51. The fraction of sp³-hybridized carbons (Fsp3) is 0.292. The van der Waals surface area contributed by atoms with E-state index in [1.54, 1.807) is 23.1 Å². The Kier molecular flexibility index (Phi) is 5.99. The van der Waals surface area contributed by atoms with Crippen LogP contribution >= 0.6 is 23.1 Å². The van der Waals surface area contributed by atoms with Crippen molar-refractivity contribution >= 4 is 23.1 Å². The number of benzene rings is 2. The summed E-state index contributed by atoms with van der Waals surface area (Å²) in [5.41, 5.74) is 4.38. The lowest BCUT2D eigenvalue weighted by Gasteiger charge is -2.15. The van der Waals surface area contributed by atoms with Crippen molar-refractivity contribution in [2.24, 2.45) is 7.05 Å². The number of aryl methyl sites for hydroxylation is 2. The van der Waals surface area contributed by atoms with Crippen LogP contribution in [0, 0.1) is 13.8 Å². The molecule has 0 radical (unpaired) electrons. The van der Waals surface area contributed by atoms with Gasteiger partial charge in [-0.2, -0.15) is 0 Å². The van der Waals surface area contributed by atoms with E-state index >= 15 is 0 Å². The quantitative estimate of drug-likeness (QED) is 0.313. The first-order valence-electron chi connectivity index (χ1n) is 10.6. The number of rotatable bonds is 7. The van der Waals surface area contributed by atoms with Crippen molar-refractivity contribution in [1.82, 2.24) is 19.7 Å². The zero-order valence-electron chi connectivity index (χ0n) is 18.9. The molecule has 170 valence electrons. The summed E-state index contributed by atoms with van der Waals surface area (Å²) in [6.45, 7) is 6.40. The Hall–Kier alpha value is -3.04. The molecule has 33 heavy (non-hydrogen) atoms. The molecule has 0 spiro atoms. The van der Waals surface area contributed by atoms with E-state index in [1.807, 2.05) is 48.9 Å². The first kappa shape index (κ1) is 21.8. The minimum Gasteiger partial charge on any atom is -0.483 e. The predicted molar refractivity (Wildman–Crippen MR) is 129 cm³/mol. The summed E-state index contributed by atoms with van der Waals surface area (Å²) in [6, 6.07) is 12.1. The van der Waals surface area contributed by atoms with Gasteiger partial charge in [-0.25, -0.2) is 4.98 Å². The molecule has 2 aromatic carbocycles. The van der Waals surface area contributed by atoms with Crippen molar-refractivity contribution in [1.29, 1.82) is 0 Å². The summed E-state index contributed by atoms with van der Waals surface area (Å²) >= 11 is 3.23. The van der Waals surface area contributed by atoms with Gasteiger partial charge in [-0.15, -0.1) is 21.5 Å². The summed E-state index contributed by atoms with van der Waals surface area (Å²) in [5.74, 6) is 3.88. The first-order valence-corrected chi connectivity index (χ1v) is 12.4. The Labute approximate surface area is 200 Å². The third kappa shape index (κ3) is 4.69. The van der Waals surface area contributed by atoms with E-state index in [4.69, 9.17) is 19.2 Å². The maximum Gasteiger partial charge on any atom is 0.231 e. The van der Waals surface area contributed by atoms with E-state index in [1.165, 1.54) is 11.1 Å². The molecule has 0 N–H and O–H groups in total. The van der Waals surface area contributed by atoms with E-state index in [9.17, 15) is 0 Å². The lowest BCUT2D eigenvalue weighted by atomic mass is 10.1. The molecule has 5 rings (SSSR count). The molecule has 0 aliphatic carbocycles. The highest BCUT2D eigenvalue weighted by Gasteiger charge is 2.19. The second-order valence-corrected chi connectivity index (χ2v) is 9.78. The number of ether oxygens (including phenoxy) is 3. The smallest absolute Gasteiger partial charge is 0.231 e. The van der Waals surface area contributed by atoms with Gasteiger partial charge >= 0.3 is 0 Å². The Balaban J connectivity index is 1.24. The molecule has 0 saturated heterocycles. The van der Waals surface area contributed by atoms with E-state index in [0.29, 0.717) is 5.75 Å². The Bertz CT molecular complexity index is 1280. The molecule has 1 atom stereocenters. The molecular weight excluding hydrogens is 456 g/mol. The minimum atomic E-state index is -0.213. The van der Waals surface area contributed by atoms with Crippen molar-refractivity contribution in [3.8, 4) is 27.8 Å². The molecule has 0 saturated carbocycles. The molecule has 1 aliphatic heterocycles. The number of thiazole rings is 1. The molecule has 7 nitrogen and oxygen atoms in total. The number of nitrogens with zero attached hydrogens (tertiary/aromatic N) is 4. The maximum absolute atomic E-state index is 6.14. The third-order valence-corrected chi connectivity index (χ3v) is 7.25. The van der Waals surface area contributed by atoms with E-state index in [2.05, 4.69) is 35.5 Å². The average molecular weight is 481 g/mol. The number of fused-ring (bicyclic) bond motifs is 1. The standard InChI is InChI=1S/C24H24N4O3S2/c1-14-7-15(2)9-19(8-14)31-16(3)22-26-27-24(28(22)4)33-12-18-11-32-23(25-18)17-5-6-20-21(10-17)30-13-29-20/h5-11,16H,12-13H2,1-4H3. The van der Waals surface area contributed by atoms with E-state index in [-0.39, 0.29) is 12.9 Å². The third-order valence-electron chi connectivity index (χ3n) is 5.26. The van der Waals surface area contributed by atoms with Gasteiger partial charge in [0.1, 0.15) is 10.8 Å². The number of hydrogen-bond donors (Lipinski definition) is 0. The minimum absolute atomic E-state index is 0.213. The lowest BCUT2D eigenvalue weighted by Crippen LogP contribution is -2.10. The highest BCUT2D eigenvalue weighted by atomic mass is 32.2. The van der Waals surface area contributed by atoms with Crippen molar-refractivity contribution in [2.45, 2.75) is 37.8 Å². The molecule has 0 bridgehead atoms. The van der Waals surface area contributed by atoms with Gasteiger partial charge in [-0.05, 0) is 62.2 Å². The molecule has 1 unspecified atom stereocenters. The van der Waals surface area contributed by atoms with Crippen LogP contribution in [0.4, 0.5) is 0 Å².